The third-order valence-corrected chi connectivity index (χ3v) is 5.38. The molecule has 0 spiro atoms. The van der Waals surface area contributed by atoms with E-state index in [0.717, 1.165) is 0 Å². The molecule has 1 amide bonds. The molecule has 1 atom stereocenters. The highest BCUT2D eigenvalue weighted by molar-refractivity contribution is 6.46. The van der Waals surface area contributed by atoms with Crippen molar-refractivity contribution in [3.8, 4) is 11.5 Å². The van der Waals surface area contributed by atoms with E-state index >= 15 is 0 Å². The monoisotopic (exact) mass is 457 g/mol. The number of Topliss-reactive ketones (excluding diaryl/α,β-unsaturated/α-hetero) is 1. The third kappa shape index (κ3) is 5.17. The van der Waals surface area contributed by atoms with Crippen molar-refractivity contribution in [2.24, 2.45) is 0 Å². The number of aliphatic hydroxyl groups is 1. The number of methoxy groups -OCH3 is 2. The van der Waals surface area contributed by atoms with Gasteiger partial charge in [-0.1, -0.05) is 12.1 Å². The lowest BCUT2D eigenvalue weighted by Crippen LogP contribution is -2.31. The van der Waals surface area contributed by atoms with Gasteiger partial charge in [0.05, 0.1) is 37.5 Å². The van der Waals surface area contributed by atoms with Crippen LogP contribution in [0.1, 0.15) is 37.4 Å². The molecule has 1 saturated heterocycles. The number of amides is 1. The number of hydrogen-bond acceptors (Lipinski definition) is 6. The van der Waals surface area contributed by atoms with E-state index in [2.05, 4.69) is 0 Å². The second-order valence-electron chi connectivity index (χ2n) is 7.88. The van der Waals surface area contributed by atoms with E-state index in [1.165, 1.54) is 43.4 Å². The fraction of sp³-hybridized carbons (Fsp3) is 0.360. The topological polar surface area (TPSA) is 85.3 Å². The van der Waals surface area contributed by atoms with Crippen molar-refractivity contribution in [3.63, 3.8) is 0 Å². The number of hydrogen-bond donors (Lipinski definition) is 1. The molecule has 2 aromatic rings. The number of ether oxygens (including phenoxy) is 3. The Bertz CT molecular complexity index is 1050. The van der Waals surface area contributed by atoms with Crippen LogP contribution in [0, 0.1) is 5.82 Å². The van der Waals surface area contributed by atoms with Gasteiger partial charge in [0.2, 0.25) is 0 Å². The zero-order chi connectivity index (χ0) is 24.1. The van der Waals surface area contributed by atoms with Crippen molar-refractivity contribution in [3.05, 3.63) is 65.0 Å². The Morgan fingerprint density at radius 2 is 1.79 bits per heavy atom. The third-order valence-electron chi connectivity index (χ3n) is 5.38. The molecule has 0 radical (unpaired) electrons. The summed E-state index contributed by atoms with van der Waals surface area (Å²) in [6.07, 6.45) is 0.533. The molecule has 1 unspecified atom stereocenters. The smallest absolute Gasteiger partial charge is 0.295 e. The first-order valence-corrected chi connectivity index (χ1v) is 10.7. The van der Waals surface area contributed by atoms with Gasteiger partial charge in [-0.15, -0.1) is 0 Å². The summed E-state index contributed by atoms with van der Waals surface area (Å²) in [5.74, 6) is -1.58. The van der Waals surface area contributed by atoms with Crippen LogP contribution in [0.5, 0.6) is 11.5 Å². The Morgan fingerprint density at radius 1 is 1.09 bits per heavy atom. The summed E-state index contributed by atoms with van der Waals surface area (Å²) in [5, 5.41) is 11.2. The molecule has 7 nitrogen and oxygen atoms in total. The van der Waals surface area contributed by atoms with Gasteiger partial charge >= 0.3 is 0 Å². The SMILES string of the molecule is COc1ccc(/C(O)=C2/C(=O)C(=O)N(CCCOC(C)C)C2c2ccc(F)cc2)c(OC)c1. The van der Waals surface area contributed by atoms with Gasteiger partial charge in [0.1, 0.15) is 23.1 Å². The van der Waals surface area contributed by atoms with Gasteiger partial charge in [-0.3, -0.25) is 9.59 Å². The number of benzene rings is 2. The summed E-state index contributed by atoms with van der Waals surface area (Å²) in [5.41, 5.74) is 0.667. The van der Waals surface area contributed by atoms with Gasteiger partial charge in [0, 0.05) is 19.2 Å². The molecule has 1 fully saturated rings. The molecular weight excluding hydrogens is 429 g/mol. The summed E-state index contributed by atoms with van der Waals surface area (Å²) < 4.78 is 29.7. The molecule has 8 heteroatoms. The van der Waals surface area contributed by atoms with E-state index < -0.39 is 23.5 Å². The number of halogens is 1. The highest BCUT2D eigenvalue weighted by Gasteiger charge is 2.46. The van der Waals surface area contributed by atoms with Crippen LogP contribution in [0.25, 0.3) is 5.76 Å². The average Bonchev–Trinajstić information content (AvgIpc) is 3.06. The molecular formula is C25H28FNO6. The molecule has 2 aromatic carbocycles. The number of likely N-dealkylation sites (tertiary alicyclic amines) is 1. The predicted octanol–water partition coefficient (Wildman–Crippen LogP) is 4.08. The van der Waals surface area contributed by atoms with E-state index in [4.69, 9.17) is 14.2 Å². The molecule has 0 aromatic heterocycles. The Morgan fingerprint density at radius 3 is 2.39 bits per heavy atom. The summed E-state index contributed by atoms with van der Waals surface area (Å²) >= 11 is 0. The molecule has 33 heavy (non-hydrogen) atoms. The van der Waals surface area contributed by atoms with Gasteiger partial charge in [0.15, 0.2) is 0 Å². The fourth-order valence-corrected chi connectivity index (χ4v) is 3.80. The number of aliphatic hydroxyl groups excluding tert-OH is 1. The first-order chi connectivity index (χ1) is 15.8. The minimum atomic E-state index is -0.878. The zero-order valence-electron chi connectivity index (χ0n) is 19.1. The lowest BCUT2D eigenvalue weighted by molar-refractivity contribution is -0.140. The molecule has 176 valence electrons. The maximum atomic E-state index is 13.6. The first-order valence-electron chi connectivity index (χ1n) is 10.7. The molecule has 0 aliphatic carbocycles. The van der Waals surface area contributed by atoms with Crippen molar-refractivity contribution in [2.75, 3.05) is 27.4 Å². The normalized spacial score (nSPS) is 17.6. The standard InChI is InChI=1S/C25H28FNO6/c1-15(2)33-13-5-12-27-22(16-6-8-17(26)9-7-16)21(24(29)25(27)30)23(28)19-11-10-18(31-3)14-20(19)32-4/h6-11,14-15,22,28H,5,12-13H2,1-4H3/b23-21-. The second kappa shape index (κ2) is 10.5. The highest BCUT2D eigenvalue weighted by Crippen LogP contribution is 2.41. The van der Waals surface area contributed by atoms with Crippen molar-refractivity contribution in [2.45, 2.75) is 32.4 Å². The average molecular weight is 457 g/mol. The quantitative estimate of drug-likeness (QED) is 0.264. The van der Waals surface area contributed by atoms with Crippen LogP contribution in [0.4, 0.5) is 4.39 Å². The lowest BCUT2D eigenvalue weighted by Gasteiger charge is -2.25. The fourth-order valence-electron chi connectivity index (χ4n) is 3.80. The minimum absolute atomic E-state index is 0.0378. The number of nitrogens with zero attached hydrogens (tertiary/aromatic N) is 1. The zero-order valence-corrected chi connectivity index (χ0v) is 19.1. The highest BCUT2D eigenvalue weighted by atomic mass is 19.1. The lowest BCUT2D eigenvalue weighted by atomic mass is 9.95. The van der Waals surface area contributed by atoms with Gasteiger partial charge in [-0.2, -0.15) is 0 Å². The summed E-state index contributed by atoms with van der Waals surface area (Å²) in [4.78, 5) is 27.4. The first kappa shape index (κ1) is 24.3. The van der Waals surface area contributed by atoms with Crippen molar-refractivity contribution in [1.82, 2.24) is 4.90 Å². The van der Waals surface area contributed by atoms with Crippen LogP contribution >= 0.6 is 0 Å². The van der Waals surface area contributed by atoms with Crippen LogP contribution < -0.4 is 9.47 Å². The molecule has 0 bridgehead atoms. The number of carbonyl (C=O) groups is 2. The molecule has 0 saturated carbocycles. The van der Waals surface area contributed by atoms with Gasteiger partial charge in [-0.25, -0.2) is 4.39 Å². The van der Waals surface area contributed by atoms with E-state index in [1.807, 2.05) is 13.8 Å². The summed E-state index contributed by atoms with van der Waals surface area (Å²) in [7, 11) is 2.92. The van der Waals surface area contributed by atoms with Crippen LogP contribution in [-0.2, 0) is 14.3 Å². The number of ketones is 1. The van der Waals surface area contributed by atoms with Gasteiger partial charge < -0.3 is 24.2 Å². The van der Waals surface area contributed by atoms with Gasteiger partial charge in [-0.05, 0) is 50.1 Å². The summed E-state index contributed by atoms with van der Waals surface area (Å²) in [6, 6.07) is 9.38. The van der Waals surface area contributed by atoms with Crippen LogP contribution in [-0.4, -0.2) is 55.2 Å². The largest absolute Gasteiger partial charge is 0.507 e. The van der Waals surface area contributed by atoms with Crippen molar-refractivity contribution < 1.29 is 33.3 Å². The predicted molar refractivity (Wildman–Crippen MR) is 121 cm³/mol. The van der Waals surface area contributed by atoms with Crippen molar-refractivity contribution >= 4 is 17.4 Å². The molecule has 1 N–H and O–H groups in total. The summed E-state index contributed by atoms with van der Waals surface area (Å²) in [6.45, 7) is 4.46. The second-order valence-corrected chi connectivity index (χ2v) is 7.88. The van der Waals surface area contributed by atoms with E-state index in [1.54, 1.807) is 18.2 Å². The Labute approximate surface area is 192 Å². The Kier molecular flexibility index (Phi) is 7.71. The van der Waals surface area contributed by atoms with E-state index in [0.29, 0.717) is 24.3 Å². The van der Waals surface area contributed by atoms with Gasteiger partial charge in [0.25, 0.3) is 11.7 Å². The maximum Gasteiger partial charge on any atom is 0.295 e. The number of carbonyl (C=O) groups excluding carboxylic acids is 2. The Balaban J connectivity index is 2.08. The molecule has 3 rings (SSSR count). The van der Waals surface area contributed by atoms with Crippen LogP contribution in [0.2, 0.25) is 0 Å². The van der Waals surface area contributed by atoms with E-state index in [-0.39, 0.29) is 35.3 Å². The van der Waals surface area contributed by atoms with Crippen LogP contribution in [0.3, 0.4) is 0 Å². The van der Waals surface area contributed by atoms with E-state index in [9.17, 15) is 19.1 Å². The van der Waals surface area contributed by atoms with Crippen molar-refractivity contribution in [1.29, 1.82) is 0 Å². The minimum Gasteiger partial charge on any atom is -0.507 e. The molecule has 1 aliphatic heterocycles. The number of rotatable bonds is 9. The Hall–Kier alpha value is -3.39. The molecule has 1 aliphatic rings. The molecule has 1 heterocycles. The van der Waals surface area contributed by atoms with Crippen LogP contribution in [0.15, 0.2) is 48.0 Å². The maximum absolute atomic E-state index is 13.6.